The Morgan fingerprint density at radius 3 is 2.64 bits per heavy atom. The highest BCUT2D eigenvalue weighted by atomic mass is 32.2. The second kappa shape index (κ2) is 4.05. The molecule has 0 radical (unpaired) electrons. The van der Waals surface area contributed by atoms with E-state index in [4.69, 9.17) is 10.3 Å². The molecule has 1 aromatic rings. The Morgan fingerprint density at radius 2 is 2.21 bits per heavy atom. The number of aromatic nitrogens is 2. The molecule has 0 spiro atoms. The van der Waals surface area contributed by atoms with Crippen LogP contribution in [0.1, 0.15) is 24.7 Å². The van der Waals surface area contributed by atoms with Crippen LogP contribution in [0.25, 0.3) is 0 Å². The lowest BCUT2D eigenvalue weighted by Crippen LogP contribution is -2.08. The molecule has 1 heterocycles. The lowest BCUT2D eigenvalue weighted by Gasteiger charge is -1.93. The third kappa shape index (κ3) is 3.43. The van der Waals surface area contributed by atoms with E-state index in [0.29, 0.717) is 11.7 Å². The molecule has 2 N–H and O–H groups in total. The fourth-order valence-corrected chi connectivity index (χ4v) is 1.38. The number of rotatable bonds is 4. The first kappa shape index (κ1) is 11.1. The van der Waals surface area contributed by atoms with Crippen LogP contribution >= 0.6 is 0 Å². The van der Waals surface area contributed by atoms with Gasteiger partial charge >= 0.3 is 0 Å². The maximum absolute atomic E-state index is 10.8. The highest BCUT2D eigenvalue weighted by Crippen LogP contribution is 2.06. The normalized spacial score (nSPS) is 14.2. The second-order valence-corrected chi connectivity index (χ2v) is 5.48. The molecule has 1 aromatic heterocycles. The van der Waals surface area contributed by atoms with E-state index < -0.39 is 9.84 Å². The van der Waals surface area contributed by atoms with Gasteiger partial charge in [-0.1, -0.05) is 5.16 Å². The highest BCUT2D eigenvalue weighted by molar-refractivity contribution is 7.90. The fourth-order valence-electron chi connectivity index (χ4n) is 0.831. The van der Waals surface area contributed by atoms with E-state index in [2.05, 4.69) is 10.1 Å². The molecule has 0 saturated heterocycles. The minimum atomic E-state index is -2.99. The predicted octanol–water partition coefficient (Wildman–Crippen LogP) is -0.324. The van der Waals surface area contributed by atoms with Crippen LogP contribution in [0.4, 0.5) is 0 Å². The number of hydrogen-bond acceptors (Lipinski definition) is 6. The van der Waals surface area contributed by atoms with E-state index in [1.165, 1.54) is 6.26 Å². The Kier molecular flexibility index (Phi) is 3.22. The van der Waals surface area contributed by atoms with E-state index in [0.717, 1.165) is 0 Å². The summed E-state index contributed by atoms with van der Waals surface area (Å²) in [6.45, 7) is 1.72. The summed E-state index contributed by atoms with van der Waals surface area (Å²) < 4.78 is 26.5. The van der Waals surface area contributed by atoms with Gasteiger partial charge in [-0.3, -0.25) is 0 Å². The molecular formula is C7H13N3O3S. The van der Waals surface area contributed by atoms with Crippen molar-refractivity contribution in [2.24, 2.45) is 5.73 Å². The molecule has 0 unspecified atom stereocenters. The van der Waals surface area contributed by atoms with Crippen LogP contribution in [0.15, 0.2) is 4.52 Å². The van der Waals surface area contributed by atoms with Crippen molar-refractivity contribution < 1.29 is 12.9 Å². The average Bonchev–Trinajstić information content (AvgIpc) is 2.47. The van der Waals surface area contributed by atoms with Gasteiger partial charge in [-0.15, -0.1) is 0 Å². The van der Waals surface area contributed by atoms with Crippen molar-refractivity contribution in [3.63, 3.8) is 0 Å². The lowest BCUT2D eigenvalue weighted by molar-refractivity contribution is 0.357. The van der Waals surface area contributed by atoms with Crippen molar-refractivity contribution in [2.75, 3.05) is 12.0 Å². The minimum absolute atomic E-state index is 0.0188. The van der Waals surface area contributed by atoms with Crippen molar-refractivity contribution in [3.05, 3.63) is 11.7 Å². The van der Waals surface area contributed by atoms with E-state index in [9.17, 15) is 8.42 Å². The van der Waals surface area contributed by atoms with Crippen molar-refractivity contribution in [1.82, 2.24) is 10.1 Å². The summed E-state index contributed by atoms with van der Waals surface area (Å²) in [5, 5.41) is 3.61. The van der Waals surface area contributed by atoms with Crippen molar-refractivity contribution >= 4 is 9.84 Å². The lowest BCUT2D eigenvalue weighted by atomic mass is 10.4. The number of aryl methyl sites for hydroxylation is 1. The van der Waals surface area contributed by atoms with Crippen molar-refractivity contribution in [3.8, 4) is 0 Å². The molecule has 0 aliphatic carbocycles. The van der Waals surface area contributed by atoms with Crippen LogP contribution in [0, 0.1) is 0 Å². The van der Waals surface area contributed by atoms with Gasteiger partial charge in [-0.25, -0.2) is 8.42 Å². The molecule has 0 aliphatic rings. The third-order valence-electron chi connectivity index (χ3n) is 1.57. The van der Waals surface area contributed by atoms with Crippen molar-refractivity contribution in [1.29, 1.82) is 0 Å². The van der Waals surface area contributed by atoms with Crippen LogP contribution < -0.4 is 5.73 Å². The highest BCUT2D eigenvalue weighted by Gasteiger charge is 2.11. The first-order chi connectivity index (χ1) is 6.38. The Labute approximate surface area is 82.4 Å². The largest absolute Gasteiger partial charge is 0.338 e. The number of hydrogen-bond donors (Lipinski definition) is 1. The molecule has 0 fully saturated rings. The molecule has 1 rings (SSSR count). The van der Waals surface area contributed by atoms with Gasteiger partial charge in [0.05, 0.1) is 11.8 Å². The summed E-state index contributed by atoms with van der Waals surface area (Å²) in [6.07, 6.45) is 1.43. The van der Waals surface area contributed by atoms with Gasteiger partial charge in [-0.2, -0.15) is 4.98 Å². The van der Waals surface area contributed by atoms with E-state index in [-0.39, 0.29) is 18.2 Å². The zero-order valence-electron chi connectivity index (χ0n) is 8.10. The smallest absolute Gasteiger partial charge is 0.243 e. The summed E-state index contributed by atoms with van der Waals surface area (Å²) in [7, 11) is -2.99. The zero-order valence-corrected chi connectivity index (χ0v) is 8.91. The fraction of sp³-hybridized carbons (Fsp3) is 0.714. The predicted molar refractivity (Wildman–Crippen MR) is 50.3 cm³/mol. The molecule has 80 valence electrons. The Morgan fingerprint density at radius 1 is 1.57 bits per heavy atom. The maximum Gasteiger partial charge on any atom is 0.243 e. The van der Waals surface area contributed by atoms with E-state index in [1.54, 1.807) is 6.92 Å². The monoisotopic (exact) mass is 219 g/mol. The number of nitrogens with two attached hydrogens (primary N) is 1. The molecule has 0 amide bonds. The zero-order chi connectivity index (χ0) is 10.8. The molecule has 0 saturated carbocycles. The molecule has 14 heavy (non-hydrogen) atoms. The van der Waals surface area contributed by atoms with Crippen LogP contribution in [0.2, 0.25) is 0 Å². The topological polar surface area (TPSA) is 99.1 Å². The molecular weight excluding hydrogens is 206 g/mol. The van der Waals surface area contributed by atoms with Gasteiger partial charge in [0, 0.05) is 12.7 Å². The average molecular weight is 219 g/mol. The van der Waals surface area contributed by atoms with Gasteiger partial charge in [-0.05, 0) is 6.92 Å². The standard InChI is InChI=1S/C7H13N3O3S/c1-5(8)7-9-6(10-13-7)3-4-14(2,11)12/h5H,3-4,8H2,1-2H3/t5-/m0/s1. The van der Waals surface area contributed by atoms with Crippen LogP contribution in [-0.2, 0) is 16.3 Å². The summed E-state index contributed by atoms with van der Waals surface area (Å²) in [5.74, 6) is 0.724. The summed E-state index contributed by atoms with van der Waals surface area (Å²) >= 11 is 0. The first-order valence-corrected chi connectivity index (χ1v) is 6.20. The molecule has 0 aromatic carbocycles. The van der Waals surface area contributed by atoms with E-state index >= 15 is 0 Å². The first-order valence-electron chi connectivity index (χ1n) is 4.14. The Hall–Kier alpha value is -0.950. The van der Waals surface area contributed by atoms with Gasteiger partial charge in [0.15, 0.2) is 5.82 Å². The molecule has 0 bridgehead atoms. The van der Waals surface area contributed by atoms with Crippen molar-refractivity contribution in [2.45, 2.75) is 19.4 Å². The number of sulfone groups is 1. The molecule has 7 heteroatoms. The second-order valence-electron chi connectivity index (χ2n) is 3.22. The molecule has 1 atom stereocenters. The Bertz CT molecular complexity index is 396. The van der Waals surface area contributed by atoms with Crippen LogP contribution in [-0.4, -0.2) is 30.6 Å². The SMILES string of the molecule is C[C@H](N)c1nc(CCS(C)(=O)=O)no1. The summed E-state index contributed by atoms with van der Waals surface area (Å²) in [6, 6.07) is -0.325. The van der Waals surface area contributed by atoms with Crippen LogP contribution in [0.3, 0.4) is 0 Å². The van der Waals surface area contributed by atoms with Gasteiger partial charge in [0.2, 0.25) is 5.89 Å². The third-order valence-corrected chi connectivity index (χ3v) is 2.52. The van der Waals surface area contributed by atoms with Crippen LogP contribution in [0.5, 0.6) is 0 Å². The van der Waals surface area contributed by atoms with Gasteiger partial charge in [0.25, 0.3) is 0 Å². The number of nitrogens with zero attached hydrogens (tertiary/aromatic N) is 2. The minimum Gasteiger partial charge on any atom is -0.338 e. The molecule has 6 nitrogen and oxygen atoms in total. The Balaban J connectivity index is 2.61. The van der Waals surface area contributed by atoms with Gasteiger partial charge < -0.3 is 10.3 Å². The quantitative estimate of drug-likeness (QED) is 0.744. The summed E-state index contributed by atoms with van der Waals surface area (Å²) in [5.41, 5.74) is 5.49. The summed E-state index contributed by atoms with van der Waals surface area (Å²) in [4.78, 5) is 3.95. The maximum atomic E-state index is 10.8. The van der Waals surface area contributed by atoms with E-state index in [1.807, 2.05) is 0 Å². The van der Waals surface area contributed by atoms with Gasteiger partial charge in [0.1, 0.15) is 9.84 Å². The molecule has 0 aliphatic heterocycles.